The molecule has 1 unspecified atom stereocenters. The second-order valence-electron chi connectivity index (χ2n) is 6.30. The van der Waals surface area contributed by atoms with Gasteiger partial charge in [-0.3, -0.25) is 9.69 Å². The summed E-state index contributed by atoms with van der Waals surface area (Å²) in [7, 11) is 0. The highest BCUT2D eigenvalue weighted by atomic mass is 16.2. The maximum atomic E-state index is 12.4. The van der Waals surface area contributed by atoms with E-state index in [9.17, 15) is 4.79 Å². The molecule has 0 radical (unpaired) electrons. The van der Waals surface area contributed by atoms with Crippen LogP contribution < -0.4 is 5.32 Å². The van der Waals surface area contributed by atoms with Gasteiger partial charge in [0.1, 0.15) is 0 Å². The Kier molecular flexibility index (Phi) is 4.38. The van der Waals surface area contributed by atoms with Gasteiger partial charge in [-0.15, -0.1) is 0 Å². The average Bonchev–Trinajstić information content (AvgIpc) is 3.02. The SMILES string of the molecule is O=C(C1CCCCN1)N1CCN(C2CCCC2)CC1. The molecule has 3 rings (SSSR count). The molecule has 0 aromatic rings. The van der Waals surface area contributed by atoms with Crippen molar-refractivity contribution in [3.05, 3.63) is 0 Å². The Hall–Kier alpha value is -0.610. The van der Waals surface area contributed by atoms with Crippen LogP contribution in [0.4, 0.5) is 0 Å². The summed E-state index contributed by atoms with van der Waals surface area (Å²) in [6.07, 6.45) is 8.99. The molecule has 3 fully saturated rings. The lowest BCUT2D eigenvalue weighted by molar-refractivity contribution is -0.136. The molecule has 0 aromatic carbocycles. The number of piperidine rings is 1. The molecule has 19 heavy (non-hydrogen) atoms. The Balaban J connectivity index is 1.47. The summed E-state index contributed by atoms with van der Waals surface area (Å²) in [6.45, 7) is 5.06. The van der Waals surface area contributed by atoms with Crippen LogP contribution in [0.2, 0.25) is 0 Å². The first-order valence-corrected chi connectivity index (χ1v) is 8.11. The Labute approximate surface area is 116 Å². The number of nitrogens with zero attached hydrogens (tertiary/aromatic N) is 2. The molecule has 4 nitrogen and oxygen atoms in total. The zero-order valence-electron chi connectivity index (χ0n) is 11.9. The van der Waals surface area contributed by atoms with Crippen LogP contribution in [0.1, 0.15) is 44.9 Å². The quantitative estimate of drug-likeness (QED) is 0.815. The molecule has 1 N–H and O–H groups in total. The summed E-state index contributed by atoms with van der Waals surface area (Å²) in [5, 5.41) is 3.38. The zero-order valence-corrected chi connectivity index (χ0v) is 11.9. The van der Waals surface area contributed by atoms with E-state index in [1.165, 1.54) is 38.5 Å². The van der Waals surface area contributed by atoms with Crippen molar-refractivity contribution in [3.8, 4) is 0 Å². The van der Waals surface area contributed by atoms with Gasteiger partial charge in [0.2, 0.25) is 5.91 Å². The van der Waals surface area contributed by atoms with E-state index in [1.807, 2.05) is 0 Å². The van der Waals surface area contributed by atoms with Crippen LogP contribution in [0.3, 0.4) is 0 Å². The van der Waals surface area contributed by atoms with Gasteiger partial charge in [0.25, 0.3) is 0 Å². The van der Waals surface area contributed by atoms with E-state index in [4.69, 9.17) is 0 Å². The third kappa shape index (κ3) is 3.11. The summed E-state index contributed by atoms with van der Waals surface area (Å²) < 4.78 is 0. The van der Waals surface area contributed by atoms with Gasteiger partial charge in [-0.25, -0.2) is 0 Å². The van der Waals surface area contributed by atoms with Crippen LogP contribution in [0.15, 0.2) is 0 Å². The minimum absolute atomic E-state index is 0.104. The molecule has 1 saturated carbocycles. The first-order chi connectivity index (χ1) is 9.34. The molecule has 4 heteroatoms. The number of carbonyl (C=O) groups excluding carboxylic acids is 1. The van der Waals surface area contributed by atoms with Crippen LogP contribution >= 0.6 is 0 Å². The molecule has 1 aliphatic carbocycles. The molecule has 3 aliphatic rings. The maximum absolute atomic E-state index is 12.4. The van der Waals surface area contributed by atoms with Crippen molar-refractivity contribution in [1.29, 1.82) is 0 Å². The highest BCUT2D eigenvalue weighted by Crippen LogP contribution is 2.24. The number of rotatable bonds is 2. The van der Waals surface area contributed by atoms with Gasteiger partial charge in [0.05, 0.1) is 6.04 Å². The highest BCUT2D eigenvalue weighted by molar-refractivity contribution is 5.82. The largest absolute Gasteiger partial charge is 0.339 e. The second kappa shape index (κ2) is 6.23. The Morgan fingerprint density at radius 1 is 0.895 bits per heavy atom. The lowest BCUT2D eigenvalue weighted by Gasteiger charge is -2.39. The number of nitrogens with one attached hydrogen (secondary N) is 1. The summed E-state index contributed by atoms with van der Waals surface area (Å²) in [5.74, 6) is 0.353. The van der Waals surface area contributed by atoms with E-state index in [1.54, 1.807) is 0 Å². The average molecular weight is 265 g/mol. The normalized spacial score (nSPS) is 30.7. The molecule has 0 aromatic heterocycles. The number of amides is 1. The number of hydrogen-bond donors (Lipinski definition) is 1. The standard InChI is InChI=1S/C15H27N3O/c19-15(14-7-3-4-8-16-14)18-11-9-17(10-12-18)13-5-1-2-6-13/h13-14,16H,1-12H2. The lowest BCUT2D eigenvalue weighted by Crippen LogP contribution is -2.56. The molecule has 2 aliphatic heterocycles. The predicted molar refractivity (Wildman–Crippen MR) is 76.1 cm³/mol. The molecule has 1 atom stereocenters. The van der Waals surface area contributed by atoms with Crippen LogP contribution in [-0.4, -0.2) is 60.5 Å². The summed E-state index contributed by atoms with van der Waals surface area (Å²) in [6, 6.07) is 0.914. The molecular formula is C15H27N3O. The molecule has 108 valence electrons. The third-order valence-corrected chi connectivity index (χ3v) is 5.08. The molecule has 0 bridgehead atoms. The van der Waals surface area contributed by atoms with Gasteiger partial charge >= 0.3 is 0 Å². The highest BCUT2D eigenvalue weighted by Gasteiger charge is 2.31. The summed E-state index contributed by atoms with van der Waals surface area (Å²) in [4.78, 5) is 17.1. The van der Waals surface area contributed by atoms with Crippen molar-refractivity contribution in [1.82, 2.24) is 15.1 Å². The summed E-state index contributed by atoms with van der Waals surface area (Å²) in [5.41, 5.74) is 0. The molecule has 0 spiro atoms. The van der Waals surface area contributed by atoms with Crippen molar-refractivity contribution in [3.63, 3.8) is 0 Å². The molecule has 2 heterocycles. The first kappa shape index (κ1) is 13.4. The summed E-state index contributed by atoms with van der Waals surface area (Å²) >= 11 is 0. The van der Waals surface area contributed by atoms with Gasteiger partial charge in [-0.05, 0) is 32.2 Å². The maximum Gasteiger partial charge on any atom is 0.239 e. The minimum atomic E-state index is 0.104. The fourth-order valence-electron chi connectivity index (χ4n) is 3.86. The Morgan fingerprint density at radius 3 is 2.21 bits per heavy atom. The van der Waals surface area contributed by atoms with Gasteiger partial charge < -0.3 is 10.2 Å². The van der Waals surface area contributed by atoms with Crippen molar-refractivity contribution in [2.45, 2.75) is 57.0 Å². The van der Waals surface area contributed by atoms with Crippen molar-refractivity contribution < 1.29 is 4.79 Å². The molecule has 1 amide bonds. The fourth-order valence-corrected chi connectivity index (χ4v) is 3.86. The van der Waals surface area contributed by atoms with Crippen molar-refractivity contribution in [2.24, 2.45) is 0 Å². The second-order valence-corrected chi connectivity index (χ2v) is 6.30. The van der Waals surface area contributed by atoms with Crippen LogP contribution in [-0.2, 0) is 4.79 Å². The number of hydrogen-bond acceptors (Lipinski definition) is 3. The van der Waals surface area contributed by atoms with Crippen LogP contribution in [0.25, 0.3) is 0 Å². The Morgan fingerprint density at radius 2 is 1.58 bits per heavy atom. The number of piperazine rings is 1. The van der Waals surface area contributed by atoms with E-state index < -0.39 is 0 Å². The lowest BCUT2D eigenvalue weighted by atomic mass is 10.0. The molecule has 2 saturated heterocycles. The van der Waals surface area contributed by atoms with Gasteiger partial charge in [0, 0.05) is 32.2 Å². The van der Waals surface area contributed by atoms with Crippen LogP contribution in [0.5, 0.6) is 0 Å². The van der Waals surface area contributed by atoms with Gasteiger partial charge in [-0.2, -0.15) is 0 Å². The Bertz CT molecular complexity index is 301. The smallest absolute Gasteiger partial charge is 0.239 e. The minimum Gasteiger partial charge on any atom is -0.339 e. The van der Waals surface area contributed by atoms with Crippen LogP contribution in [0, 0.1) is 0 Å². The van der Waals surface area contributed by atoms with E-state index in [2.05, 4.69) is 15.1 Å². The third-order valence-electron chi connectivity index (χ3n) is 5.08. The topological polar surface area (TPSA) is 35.6 Å². The monoisotopic (exact) mass is 265 g/mol. The molecular weight excluding hydrogens is 238 g/mol. The van der Waals surface area contributed by atoms with Crippen molar-refractivity contribution in [2.75, 3.05) is 32.7 Å². The van der Waals surface area contributed by atoms with E-state index in [0.717, 1.165) is 45.2 Å². The van der Waals surface area contributed by atoms with E-state index in [-0.39, 0.29) is 6.04 Å². The predicted octanol–water partition coefficient (Wildman–Crippen LogP) is 1.22. The van der Waals surface area contributed by atoms with E-state index >= 15 is 0 Å². The van der Waals surface area contributed by atoms with E-state index in [0.29, 0.717) is 5.91 Å². The van der Waals surface area contributed by atoms with Gasteiger partial charge in [-0.1, -0.05) is 19.3 Å². The zero-order chi connectivity index (χ0) is 13.1. The number of carbonyl (C=O) groups is 1. The first-order valence-electron chi connectivity index (χ1n) is 8.11. The van der Waals surface area contributed by atoms with Gasteiger partial charge in [0.15, 0.2) is 0 Å². The van der Waals surface area contributed by atoms with Crippen molar-refractivity contribution >= 4 is 5.91 Å². The fraction of sp³-hybridized carbons (Fsp3) is 0.933.